The monoisotopic (exact) mass is 834 g/mol. The Balaban J connectivity index is 1.88. The van der Waals surface area contributed by atoms with Gasteiger partial charge in [-0.3, -0.25) is 19.1 Å². The Morgan fingerprint density at radius 2 is 1.55 bits per heavy atom. The van der Waals surface area contributed by atoms with Crippen LogP contribution in [0.4, 0.5) is 5.82 Å². The average Bonchev–Trinajstić information content (AvgIpc) is 3.75. The quantitative estimate of drug-likeness (QED) is 0.0719. The molecule has 1 fully saturated rings. The Morgan fingerprint density at radius 1 is 0.914 bits per heavy atom. The highest BCUT2D eigenvalue weighted by Gasteiger charge is 2.61. The SMILES string of the molecule is C/N=C\[C@]1(CO[P@@](=O)(N[C@@H](C)C(=O)OC(C)C)Oc2ccccc2)O[C@@H](c2ccc3c(NC(=O)[C@@H](C)OC)ncnn23)[C@H](OC(=O)[C@@H](C)OC)[C@@H]1OC(=O)[C@@H](C)OC. The zero-order chi connectivity index (χ0) is 42.8. The van der Waals surface area contributed by atoms with E-state index in [1.165, 1.54) is 78.3 Å². The predicted molar refractivity (Wildman–Crippen MR) is 206 cm³/mol. The third-order valence-corrected chi connectivity index (χ3v) is 10.5. The van der Waals surface area contributed by atoms with Crippen LogP contribution in [0.15, 0.2) is 53.8 Å². The number of hydrogen-bond acceptors (Lipinski definition) is 17. The number of hydrogen-bond donors (Lipinski definition) is 2. The van der Waals surface area contributed by atoms with Crippen molar-refractivity contribution < 1.29 is 65.9 Å². The van der Waals surface area contributed by atoms with Gasteiger partial charge in [-0.05, 0) is 65.8 Å². The van der Waals surface area contributed by atoms with E-state index in [1.54, 1.807) is 51.1 Å². The van der Waals surface area contributed by atoms with Crippen LogP contribution < -0.4 is 14.9 Å². The second kappa shape index (κ2) is 20.2. The fourth-order valence-corrected chi connectivity index (χ4v) is 7.09. The van der Waals surface area contributed by atoms with Crippen molar-refractivity contribution in [2.75, 3.05) is 40.3 Å². The van der Waals surface area contributed by atoms with Crippen LogP contribution in [-0.2, 0) is 61.4 Å². The van der Waals surface area contributed by atoms with Gasteiger partial charge in [0.2, 0.25) is 0 Å². The lowest BCUT2D eigenvalue weighted by Crippen LogP contribution is -2.53. The summed E-state index contributed by atoms with van der Waals surface area (Å²) in [6.45, 7) is 8.44. The lowest BCUT2D eigenvalue weighted by molar-refractivity contribution is -0.179. The average molecular weight is 835 g/mol. The summed E-state index contributed by atoms with van der Waals surface area (Å²) in [6.07, 6.45) is -5.51. The summed E-state index contributed by atoms with van der Waals surface area (Å²) in [5, 5.41) is 9.69. The van der Waals surface area contributed by atoms with E-state index in [9.17, 15) is 23.7 Å². The van der Waals surface area contributed by atoms with E-state index < -0.39 is 92.5 Å². The fraction of sp³-hybridized carbons (Fsp3) is 0.541. The van der Waals surface area contributed by atoms with Gasteiger partial charge in [0.1, 0.15) is 35.8 Å². The molecule has 1 aromatic carbocycles. The van der Waals surface area contributed by atoms with Crippen LogP contribution in [0.2, 0.25) is 0 Å². The van der Waals surface area contributed by atoms with Crippen LogP contribution in [-0.4, -0.2) is 128 Å². The van der Waals surface area contributed by atoms with Gasteiger partial charge in [0.25, 0.3) is 5.91 Å². The van der Waals surface area contributed by atoms with Crippen molar-refractivity contribution in [3.05, 3.63) is 54.5 Å². The Hall–Kier alpha value is -4.82. The van der Waals surface area contributed by atoms with Gasteiger partial charge in [-0.25, -0.2) is 23.7 Å². The second-order valence-electron chi connectivity index (χ2n) is 13.4. The molecule has 1 aliphatic heterocycles. The van der Waals surface area contributed by atoms with E-state index in [2.05, 4.69) is 25.5 Å². The van der Waals surface area contributed by atoms with Gasteiger partial charge in [-0.1, -0.05) is 18.2 Å². The van der Waals surface area contributed by atoms with E-state index in [0.29, 0.717) is 5.52 Å². The van der Waals surface area contributed by atoms with Crippen LogP contribution in [0.25, 0.3) is 5.52 Å². The van der Waals surface area contributed by atoms with E-state index in [1.807, 2.05) is 0 Å². The van der Waals surface area contributed by atoms with Crippen LogP contribution in [0.3, 0.4) is 0 Å². The molecule has 1 amide bonds. The summed E-state index contributed by atoms with van der Waals surface area (Å²) in [7, 11) is 0.814. The first-order valence-corrected chi connectivity index (χ1v) is 19.8. The van der Waals surface area contributed by atoms with Crippen LogP contribution in [0.5, 0.6) is 5.75 Å². The van der Waals surface area contributed by atoms with Crippen LogP contribution in [0, 0.1) is 0 Å². The van der Waals surface area contributed by atoms with Gasteiger partial charge in [0.15, 0.2) is 35.8 Å². The summed E-state index contributed by atoms with van der Waals surface area (Å²) in [4.78, 5) is 61.1. The Bertz CT molecular complexity index is 1960. The number of carbonyl (C=O) groups is 4. The molecular formula is C37H51N6O14P. The predicted octanol–water partition coefficient (Wildman–Crippen LogP) is 3.24. The van der Waals surface area contributed by atoms with Crippen molar-refractivity contribution in [3.63, 3.8) is 0 Å². The number of rotatable bonds is 20. The molecule has 2 aromatic heterocycles. The summed E-state index contributed by atoms with van der Waals surface area (Å²) in [5.74, 6) is -2.75. The van der Waals surface area contributed by atoms with Gasteiger partial charge in [0, 0.05) is 34.6 Å². The number of esters is 3. The number of amides is 1. The molecule has 318 valence electrons. The molecule has 0 aliphatic carbocycles. The fourth-order valence-electron chi connectivity index (χ4n) is 5.56. The van der Waals surface area contributed by atoms with Crippen LogP contribution >= 0.6 is 7.75 Å². The molecule has 3 aromatic rings. The summed E-state index contributed by atoms with van der Waals surface area (Å²) in [6, 6.07) is 9.99. The number of benzene rings is 1. The minimum atomic E-state index is -4.58. The van der Waals surface area contributed by atoms with E-state index >= 15 is 0 Å². The molecule has 2 N–H and O–H groups in total. The summed E-state index contributed by atoms with van der Waals surface area (Å²) in [5.41, 5.74) is -1.47. The third-order valence-electron chi connectivity index (χ3n) is 8.86. The molecule has 4 rings (SSSR count). The van der Waals surface area contributed by atoms with Gasteiger partial charge >= 0.3 is 25.7 Å². The molecule has 58 heavy (non-hydrogen) atoms. The normalized spacial score (nSPS) is 22.5. The van der Waals surface area contributed by atoms with Crippen molar-refractivity contribution in [2.45, 2.75) is 95.9 Å². The number of aliphatic imine (C=N–C) groups is 1. The molecule has 0 spiro atoms. The summed E-state index contributed by atoms with van der Waals surface area (Å²) < 4.78 is 67.7. The topological polar surface area (TPSA) is 235 Å². The van der Waals surface area contributed by atoms with Gasteiger partial charge in [-0.2, -0.15) is 10.2 Å². The van der Waals surface area contributed by atoms with Gasteiger partial charge in [0.05, 0.1) is 18.4 Å². The smallest absolute Gasteiger partial charge is 0.459 e. The van der Waals surface area contributed by atoms with Crippen molar-refractivity contribution in [3.8, 4) is 5.75 Å². The van der Waals surface area contributed by atoms with E-state index in [0.717, 1.165) is 0 Å². The molecule has 21 heteroatoms. The number of fused-ring (bicyclic) bond motifs is 1. The zero-order valence-corrected chi connectivity index (χ0v) is 34.9. The van der Waals surface area contributed by atoms with E-state index in [4.69, 9.17) is 42.2 Å². The Kier molecular flexibility index (Phi) is 16.0. The third kappa shape index (κ3) is 11.0. The second-order valence-corrected chi connectivity index (χ2v) is 15.1. The number of anilines is 1. The number of methoxy groups -OCH3 is 3. The number of ether oxygens (including phenoxy) is 7. The molecular weight excluding hydrogens is 783 g/mol. The Labute approximate surface area is 335 Å². The van der Waals surface area contributed by atoms with Gasteiger partial charge in [-0.15, -0.1) is 0 Å². The van der Waals surface area contributed by atoms with Crippen molar-refractivity contribution in [2.24, 2.45) is 4.99 Å². The first-order valence-electron chi connectivity index (χ1n) is 18.2. The first-order chi connectivity index (χ1) is 27.5. The minimum absolute atomic E-state index is 0.116. The lowest BCUT2D eigenvalue weighted by atomic mass is 9.95. The maximum Gasteiger partial charge on any atom is 0.459 e. The number of nitrogens with zero attached hydrogens (tertiary/aromatic N) is 4. The first kappa shape index (κ1) is 45.9. The highest BCUT2D eigenvalue weighted by Crippen LogP contribution is 2.50. The largest absolute Gasteiger partial charge is 0.462 e. The molecule has 0 saturated carbocycles. The molecule has 0 unspecified atom stereocenters. The van der Waals surface area contributed by atoms with E-state index in [-0.39, 0.29) is 17.3 Å². The highest BCUT2D eigenvalue weighted by atomic mass is 31.2. The van der Waals surface area contributed by atoms with Crippen molar-refractivity contribution in [1.29, 1.82) is 0 Å². The number of carbonyl (C=O) groups excluding carboxylic acids is 4. The number of nitrogens with one attached hydrogen (secondary N) is 2. The molecule has 0 bridgehead atoms. The number of aromatic nitrogens is 3. The summed E-state index contributed by atoms with van der Waals surface area (Å²) >= 11 is 0. The molecule has 9 atom stereocenters. The minimum Gasteiger partial charge on any atom is -0.462 e. The maximum atomic E-state index is 14.7. The molecule has 20 nitrogen and oxygen atoms in total. The standard InChI is InChI=1S/C37H51N6O14P/c1-21(2)53-34(45)22(3)42-58(48,57-26-14-12-11-13-15-26)52-19-37(18-38-7)31(55-36(47)25(6)51-10)30(54-35(46)24(5)50-9)29(56-37)27-16-17-28-32(39-20-40-43(27)28)41-33(44)23(4)49-8/h11-18,20-25,29-31H,19H2,1-10H3,(H,42,48)(H,39,40,41,44)/b38-18-/t22-,23+,24+,25+,29-,30-,31-,37+,58-/m0/s1. The van der Waals surface area contributed by atoms with Crippen molar-refractivity contribution >= 4 is 49.1 Å². The molecule has 1 aliphatic rings. The maximum absolute atomic E-state index is 14.7. The molecule has 0 radical (unpaired) electrons. The van der Waals surface area contributed by atoms with Gasteiger partial charge < -0.3 is 43.0 Å². The van der Waals surface area contributed by atoms with Crippen molar-refractivity contribution in [1.82, 2.24) is 19.7 Å². The lowest BCUT2D eigenvalue weighted by Gasteiger charge is -2.33. The zero-order valence-electron chi connectivity index (χ0n) is 34.0. The number of para-hydroxylation sites is 1. The van der Waals surface area contributed by atoms with Crippen LogP contribution in [0.1, 0.15) is 53.3 Å². The molecule has 1 saturated heterocycles. The molecule has 3 heterocycles. The highest BCUT2D eigenvalue weighted by molar-refractivity contribution is 7.52. The Morgan fingerprint density at radius 3 is 2.16 bits per heavy atom.